The van der Waals surface area contributed by atoms with Crippen LogP contribution < -0.4 is 16.4 Å². The number of amides is 2. The standard InChI is InChI=1S/C28H21F6N5O3/c29-27(30,31)20-11-17(21-4-3-16(13-36-21)25(41)39-26(7-8-26)28(32,33)34)9-18-10-19(42-24(18)20)14-38-23(40)6-2-15-1-5-22(35)37-12-15/h1-6,9-13H,7-8,14H2,(H2,35,37)(H,38,40)(H,39,41). The number of halogens is 6. The number of fused-ring (bicyclic) bond motifs is 1. The van der Waals surface area contributed by atoms with Gasteiger partial charge in [-0.15, -0.1) is 0 Å². The first-order chi connectivity index (χ1) is 19.7. The van der Waals surface area contributed by atoms with Gasteiger partial charge in [-0.3, -0.25) is 14.6 Å². The van der Waals surface area contributed by atoms with Gasteiger partial charge < -0.3 is 20.8 Å². The number of anilines is 1. The molecule has 4 N–H and O–H groups in total. The van der Waals surface area contributed by atoms with E-state index in [-0.39, 0.29) is 47.4 Å². The number of nitrogens with zero attached hydrogens (tertiary/aromatic N) is 2. The van der Waals surface area contributed by atoms with E-state index >= 15 is 0 Å². The van der Waals surface area contributed by atoms with E-state index in [1.807, 2.05) is 5.32 Å². The van der Waals surface area contributed by atoms with Gasteiger partial charge in [0, 0.05) is 29.4 Å². The van der Waals surface area contributed by atoms with E-state index in [9.17, 15) is 35.9 Å². The van der Waals surface area contributed by atoms with Gasteiger partial charge in [-0.25, -0.2) is 4.98 Å². The molecule has 14 heteroatoms. The lowest BCUT2D eigenvalue weighted by molar-refractivity contribution is -0.163. The molecule has 1 aliphatic carbocycles. The SMILES string of the molecule is Nc1ccc(C=CC(=O)NCc2cc3cc(-c4ccc(C(=O)NC5(C(F)(F)F)CC5)cn4)cc(C(F)(F)F)c3o2)cn1. The number of nitrogen functional groups attached to an aromatic ring is 1. The van der Waals surface area contributed by atoms with Crippen LogP contribution in [0, 0.1) is 0 Å². The summed E-state index contributed by atoms with van der Waals surface area (Å²) in [6.45, 7) is -0.202. The van der Waals surface area contributed by atoms with Gasteiger partial charge in [0.05, 0.1) is 23.4 Å². The maximum atomic E-state index is 13.9. The molecule has 0 atom stereocenters. The number of carbonyl (C=O) groups is 2. The van der Waals surface area contributed by atoms with E-state index in [1.54, 1.807) is 12.1 Å². The van der Waals surface area contributed by atoms with Crippen LogP contribution in [0.25, 0.3) is 28.3 Å². The fourth-order valence-electron chi connectivity index (χ4n) is 4.17. The molecule has 42 heavy (non-hydrogen) atoms. The van der Waals surface area contributed by atoms with Crippen LogP contribution in [0.4, 0.5) is 32.2 Å². The summed E-state index contributed by atoms with van der Waals surface area (Å²) in [5.41, 5.74) is 2.23. The highest BCUT2D eigenvalue weighted by Crippen LogP contribution is 2.49. The maximum absolute atomic E-state index is 13.9. The largest absolute Gasteiger partial charge is 0.459 e. The number of pyridine rings is 2. The van der Waals surface area contributed by atoms with Crippen molar-refractivity contribution in [3.63, 3.8) is 0 Å². The van der Waals surface area contributed by atoms with Gasteiger partial charge in [0.2, 0.25) is 5.91 Å². The summed E-state index contributed by atoms with van der Waals surface area (Å²) in [7, 11) is 0. The van der Waals surface area contributed by atoms with Crippen molar-refractivity contribution in [3.05, 3.63) is 83.4 Å². The number of rotatable bonds is 7. The summed E-state index contributed by atoms with van der Waals surface area (Å²) in [6.07, 6.45) is -4.71. The van der Waals surface area contributed by atoms with Crippen molar-refractivity contribution >= 4 is 34.7 Å². The second kappa shape index (κ2) is 10.5. The molecule has 218 valence electrons. The minimum absolute atomic E-state index is 0.0344. The minimum Gasteiger partial charge on any atom is -0.459 e. The smallest absolute Gasteiger partial charge is 0.420 e. The van der Waals surface area contributed by atoms with E-state index in [0.29, 0.717) is 11.4 Å². The summed E-state index contributed by atoms with van der Waals surface area (Å²) < 4.78 is 86.7. The van der Waals surface area contributed by atoms with Crippen LogP contribution in [0.15, 0.2) is 65.4 Å². The van der Waals surface area contributed by atoms with Gasteiger partial charge in [0.1, 0.15) is 22.7 Å². The second-order valence-corrected chi connectivity index (χ2v) is 9.69. The Balaban J connectivity index is 1.34. The third-order valence-electron chi connectivity index (χ3n) is 6.61. The van der Waals surface area contributed by atoms with Crippen molar-refractivity contribution in [1.82, 2.24) is 20.6 Å². The molecule has 1 aliphatic rings. The normalized spacial score (nSPS) is 14.7. The molecule has 5 rings (SSSR count). The maximum Gasteiger partial charge on any atom is 0.420 e. The predicted octanol–water partition coefficient (Wildman–Crippen LogP) is 5.65. The van der Waals surface area contributed by atoms with Crippen LogP contribution >= 0.6 is 0 Å². The molecule has 0 saturated heterocycles. The van der Waals surface area contributed by atoms with Gasteiger partial charge in [0.25, 0.3) is 5.91 Å². The number of alkyl halides is 6. The highest BCUT2D eigenvalue weighted by Gasteiger charge is 2.64. The summed E-state index contributed by atoms with van der Waals surface area (Å²) in [4.78, 5) is 32.4. The molecule has 0 aliphatic heterocycles. The fourth-order valence-corrected chi connectivity index (χ4v) is 4.17. The third kappa shape index (κ3) is 6.06. The lowest BCUT2D eigenvalue weighted by Gasteiger charge is -2.20. The number of benzene rings is 1. The molecule has 1 saturated carbocycles. The Hall–Kier alpha value is -4.88. The summed E-state index contributed by atoms with van der Waals surface area (Å²) in [5, 5.41) is 4.58. The molecule has 8 nitrogen and oxygen atoms in total. The highest BCUT2D eigenvalue weighted by molar-refractivity contribution is 5.95. The Labute approximate surface area is 233 Å². The van der Waals surface area contributed by atoms with Crippen molar-refractivity contribution in [3.8, 4) is 11.3 Å². The number of aromatic nitrogens is 2. The lowest BCUT2D eigenvalue weighted by atomic mass is 10.0. The van der Waals surface area contributed by atoms with Crippen LogP contribution in [0.5, 0.6) is 0 Å². The van der Waals surface area contributed by atoms with E-state index in [0.717, 1.165) is 12.3 Å². The van der Waals surface area contributed by atoms with Gasteiger partial charge in [0.15, 0.2) is 0 Å². The van der Waals surface area contributed by atoms with Crippen molar-refractivity contribution in [2.45, 2.75) is 37.3 Å². The molecule has 0 radical (unpaired) electrons. The third-order valence-corrected chi connectivity index (χ3v) is 6.61. The molecular formula is C28H21F6N5O3. The van der Waals surface area contributed by atoms with Gasteiger partial charge in [-0.1, -0.05) is 0 Å². The molecule has 2 amide bonds. The van der Waals surface area contributed by atoms with Gasteiger partial charge in [-0.2, -0.15) is 26.3 Å². The Kier molecular flexibility index (Phi) is 7.16. The molecule has 1 fully saturated rings. The summed E-state index contributed by atoms with van der Waals surface area (Å²) >= 11 is 0. The zero-order valence-corrected chi connectivity index (χ0v) is 21.4. The van der Waals surface area contributed by atoms with Crippen molar-refractivity contribution in [1.29, 1.82) is 0 Å². The monoisotopic (exact) mass is 589 g/mol. The Morgan fingerprint density at radius 1 is 1.00 bits per heavy atom. The topological polar surface area (TPSA) is 123 Å². The number of hydrogen-bond donors (Lipinski definition) is 3. The number of hydrogen-bond acceptors (Lipinski definition) is 6. The van der Waals surface area contributed by atoms with Crippen LogP contribution in [0.3, 0.4) is 0 Å². The van der Waals surface area contributed by atoms with E-state index in [1.165, 1.54) is 42.6 Å². The van der Waals surface area contributed by atoms with E-state index in [2.05, 4.69) is 15.3 Å². The summed E-state index contributed by atoms with van der Waals surface area (Å²) in [6, 6.07) is 9.19. The first-order valence-electron chi connectivity index (χ1n) is 12.4. The average Bonchev–Trinajstić information content (AvgIpc) is 3.61. The highest BCUT2D eigenvalue weighted by atomic mass is 19.4. The molecule has 1 aromatic carbocycles. The molecule has 4 aromatic rings. The molecular weight excluding hydrogens is 568 g/mol. The lowest BCUT2D eigenvalue weighted by Crippen LogP contribution is -2.47. The first-order valence-corrected chi connectivity index (χ1v) is 12.4. The summed E-state index contributed by atoms with van der Waals surface area (Å²) in [5.74, 6) is -1.14. The quantitative estimate of drug-likeness (QED) is 0.189. The van der Waals surface area contributed by atoms with Crippen molar-refractivity contribution in [2.24, 2.45) is 0 Å². The first kappa shape index (κ1) is 28.6. The van der Waals surface area contributed by atoms with E-state index in [4.69, 9.17) is 10.2 Å². The Morgan fingerprint density at radius 3 is 2.36 bits per heavy atom. The van der Waals surface area contributed by atoms with Crippen LogP contribution in [-0.4, -0.2) is 33.5 Å². The van der Waals surface area contributed by atoms with E-state index < -0.39 is 40.9 Å². The minimum atomic E-state index is -4.81. The molecule has 0 spiro atoms. The second-order valence-electron chi connectivity index (χ2n) is 9.69. The van der Waals surface area contributed by atoms with Crippen molar-refractivity contribution < 1.29 is 40.3 Å². The zero-order chi connectivity index (χ0) is 30.3. The van der Waals surface area contributed by atoms with Gasteiger partial charge in [-0.05, 0) is 66.9 Å². The average molecular weight is 589 g/mol. The number of furan rings is 1. The van der Waals surface area contributed by atoms with Gasteiger partial charge >= 0.3 is 12.4 Å². The molecule has 3 aromatic heterocycles. The Bertz CT molecular complexity index is 1670. The fraction of sp³-hybridized carbons (Fsp3) is 0.214. The van der Waals surface area contributed by atoms with Crippen molar-refractivity contribution in [2.75, 3.05) is 5.73 Å². The van der Waals surface area contributed by atoms with Crippen LogP contribution in [-0.2, 0) is 17.5 Å². The number of nitrogens with one attached hydrogen (secondary N) is 2. The van der Waals surface area contributed by atoms with Crippen LogP contribution in [0.1, 0.15) is 40.1 Å². The zero-order valence-electron chi connectivity index (χ0n) is 21.4. The number of nitrogens with two attached hydrogens (primary N) is 1. The molecule has 0 bridgehead atoms. The molecule has 0 unspecified atom stereocenters. The number of carbonyl (C=O) groups excluding carboxylic acids is 2. The Morgan fingerprint density at radius 2 is 1.76 bits per heavy atom. The molecule has 3 heterocycles. The predicted molar refractivity (Wildman–Crippen MR) is 139 cm³/mol. The van der Waals surface area contributed by atoms with Crippen LogP contribution in [0.2, 0.25) is 0 Å².